The summed E-state index contributed by atoms with van der Waals surface area (Å²) in [5, 5.41) is 0. The molecule has 7 heteroatoms. The largest absolute Gasteiger partial charge is 2.00 e. The van der Waals surface area contributed by atoms with Crippen molar-refractivity contribution in [2.24, 2.45) is 0 Å². The highest BCUT2D eigenvalue weighted by Gasteiger charge is 2.15. The molecule has 7 nitrogen and oxygen atoms in total. The molecule has 0 radical (unpaired) electrons. The van der Waals surface area contributed by atoms with Crippen LogP contribution in [0.3, 0.4) is 0 Å². The van der Waals surface area contributed by atoms with Crippen molar-refractivity contribution in [1.82, 2.24) is 0 Å². The average Bonchev–Trinajstić information content (AvgIpc) is 2.30. The van der Waals surface area contributed by atoms with Crippen LogP contribution in [0.25, 0.3) is 0 Å². The first-order chi connectivity index (χ1) is 9.91. The van der Waals surface area contributed by atoms with Gasteiger partial charge in [0.2, 0.25) is 0 Å². The van der Waals surface area contributed by atoms with Gasteiger partial charge in [-0.15, -0.1) is 0 Å². The van der Waals surface area contributed by atoms with E-state index in [2.05, 4.69) is 13.2 Å². The Bertz CT molecular complexity index is 332. The third-order valence-corrected chi connectivity index (χ3v) is 1.93. The molecule has 0 heterocycles. The van der Waals surface area contributed by atoms with E-state index in [0.29, 0.717) is 35.3 Å². The standard InChI is InChI=1S/2C8H16NO2.O/c2*1-5-6-11-8(10)7-9(2,3)4;/h2*5H,1,6-7H2,2-4H3;/q2*+1;-2. The second-order valence-electron chi connectivity index (χ2n) is 6.84. The molecule has 0 saturated heterocycles. The Morgan fingerprint density at radius 2 is 1.04 bits per heavy atom. The molecule has 0 atom stereocenters. The third-order valence-electron chi connectivity index (χ3n) is 1.93. The molecule has 0 aromatic carbocycles. The number of hydrogen-bond donors (Lipinski definition) is 0. The van der Waals surface area contributed by atoms with Gasteiger partial charge in [-0.1, -0.05) is 25.3 Å². The summed E-state index contributed by atoms with van der Waals surface area (Å²) < 4.78 is 10.8. The molecule has 0 aliphatic heterocycles. The molecule has 0 bridgehead atoms. The van der Waals surface area contributed by atoms with Crippen LogP contribution in [-0.2, 0) is 24.5 Å². The van der Waals surface area contributed by atoms with Crippen LogP contribution in [0, 0.1) is 0 Å². The summed E-state index contributed by atoms with van der Waals surface area (Å²) >= 11 is 0. The molecular formula is C16H32N2O5. The molecule has 0 saturated carbocycles. The molecule has 0 unspecified atom stereocenters. The molecule has 0 aliphatic carbocycles. The Kier molecular flexibility index (Phi) is 14.6. The van der Waals surface area contributed by atoms with Crippen LogP contribution < -0.4 is 0 Å². The molecule has 23 heavy (non-hydrogen) atoms. The highest BCUT2D eigenvalue weighted by atomic mass is 16.5. The number of likely N-dealkylation sites (N-methyl/N-ethyl adjacent to an activating group) is 2. The van der Waals surface area contributed by atoms with E-state index >= 15 is 0 Å². The van der Waals surface area contributed by atoms with Gasteiger partial charge in [0.15, 0.2) is 13.1 Å². The van der Waals surface area contributed by atoms with E-state index in [-0.39, 0.29) is 17.4 Å². The summed E-state index contributed by atoms with van der Waals surface area (Å²) in [5.74, 6) is -0.366. The molecule has 0 fully saturated rings. The van der Waals surface area contributed by atoms with Gasteiger partial charge >= 0.3 is 11.9 Å². The molecule has 0 N–H and O–H groups in total. The lowest BCUT2D eigenvalue weighted by atomic mass is 10.5. The molecule has 0 amide bonds. The first-order valence-electron chi connectivity index (χ1n) is 7.05. The van der Waals surface area contributed by atoms with Gasteiger partial charge in [-0.3, -0.25) is 0 Å². The number of rotatable bonds is 8. The summed E-state index contributed by atoms with van der Waals surface area (Å²) in [6, 6.07) is 0. The van der Waals surface area contributed by atoms with Gasteiger partial charge in [0.25, 0.3) is 0 Å². The van der Waals surface area contributed by atoms with Crippen molar-refractivity contribution in [3.8, 4) is 0 Å². The molecular weight excluding hydrogens is 300 g/mol. The number of quaternary nitrogens is 2. The number of ether oxygens (including phenoxy) is 2. The van der Waals surface area contributed by atoms with Gasteiger partial charge in [-0.05, 0) is 0 Å². The van der Waals surface area contributed by atoms with Gasteiger partial charge in [0.05, 0.1) is 42.3 Å². The SMILES string of the molecule is C=CCOC(=O)C[N+](C)(C)C.C=CCOC(=O)C[N+](C)(C)C.[O-2]. The number of esters is 2. The monoisotopic (exact) mass is 332 g/mol. The van der Waals surface area contributed by atoms with E-state index in [9.17, 15) is 9.59 Å². The second kappa shape index (κ2) is 12.8. The zero-order chi connectivity index (χ0) is 17.8. The minimum Gasteiger partial charge on any atom is -2.00 e. The lowest BCUT2D eigenvalue weighted by Crippen LogP contribution is -2.40. The first kappa shape index (κ1) is 26.2. The minimum atomic E-state index is -0.183. The Morgan fingerprint density at radius 1 is 0.783 bits per heavy atom. The van der Waals surface area contributed by atoms with E-state index in [0.717, 1.165) is 0 Å². The Hall–Kier alpha value is -1.70. The maximum atomic E-state index is 10.9. The van der Waals surface area contributed by atoms with Crippen LogP contribution in [0.2, 0.25) is 0 Å². The highest BCUT2D eigenvalue weighted by molar-refractivity contribution is 5.70. The van der Waals surface area contributed by atoms with Crippen molar-refractivity contribution in [2.75, 3.05) is 68.6 Å². The summed E-state index contributed by atoms with van der Waals surface area (Å²) in [7, 11) is 11.6. The maximum Gasteiger partial charge on any atom is 0.362 e. The van der Waals surface area contributed by atoms with E-state index in [1.54, 1.807) is 12.2 Å². The van der Waals surface area contributed by atoms with Crippen LogP contribution in [0.1, 0.15) is 0 Å². The van der Waals surface area contributed by atoms with Crippen LogP contribution in [0.5, 0.6) is 0 Å². The van der Waals surface area contributed by atoms with Crippen LogP contribution in [0.15, 0.2) is 25.3 Å². The van der Waals surface area contributed by atoms with Crippen molar-refractivity contribution >= 4 is 11.9 Å². The molecule has 136 valence electrons. The Morgan fingerprint density at radius 3 is 1.22 bits per heavy atom. The highest BCUT2D eigenvalue weighted by Crippen LogP contribution is 1.91. The third kappa shape index (κ3) is 25.6. The fourth-order valence-corrected chi connectivity index (χ4v) is 1.17. The number of carbonyl (C=O) groups excluding carboxylic acids is 2. The molecule has 0 aromatic heterocycles. The topological polar surface area (TPSA) is 81.1 Å². The smallest absolute Gasteiger partial charge is 0.362 e. The van der Waals surface area contributed by atoms with E-state index in [1.807, 2.05) is 42.3 Å². The summed E-state index contributed by atoms with van der Waals surface area (Å²) in [6.07, 6.45) is 3.13. The van der Waals surface area contributed by atoms with E-state index in [4.69, 9.17) is 9.47 Å². The predicted octanol–water partition coefficient (Wildman–Crippen LogP) is 0.725. The van der Waals surface area contributed by atoms with E-state index in [1.165, 1.54) is 0 Å². The number of nitrogens with zero attached hydrogens (tertiary/aromatic N) is 2. The minimum absolute atomic E-state index is 0. The molecule has 0 spiro atoms. The molecule has 0 aromatic rings. The van der Waals surface area contributed by atoms with Crippen LogP contribution in [-0.4, -0.2) is 89.5 Å². The summed E-state index contributed by atoms with van der Waals surface area (Å²) in [6.45, 7) is 8.30. The average molecular weight is 332 g/mol. The van der Waals surface area contributed by atoms with Crippen molar-refractivity contribution in [3.63, 3.8) is 0 Å². The van der Waals surface area contributed by atoms with Gasteiger partial charge < -0.3 is 23.9 Å². The van der Waals surface area contributed by atoms with Crippen molar-refractivity contribution < 1.29 is 33.5 Å². The lowest BCUT2D eigenvalue weighted by molar-refractivity contribution is -0.862. The first-order valence-corrected chi connectivity index (χ1v) is 7.05. The zero-order valence-electron chi connectivity index (χ0n) is 15.3. The summed E-state index contributed by atoms with van der Waals surface area (Å²) in [4.78, 5) is 21.9. The fourth-order valence-electron chi connectivity index (χ4n) is 1.17. The summed E-state index contributed by atoms with van der Waals surface area (Å²) in [5.41, 5.74) is 0. The van der Waals surface area contributed by atoms with Gasteiger partial charge in [0.1, 0.15) is 13.2 Å². The van der Waals surface area contributed by atoms with Crippen molar-refractivity contribution in [1.29, 1.82) is 0 Å². The Labute approximate surface area is 140 Å². The van der Waals surface area contributed by atoms with Gasteiger partial charge in [0, 0.05) is 0 Å². The predicted molar refractivity (Wildman–Crippen MR) is 88.8 cm³/mol. The zero-order valence-corrected chi connectivity index (χ0v) is 15.3. The fraction of sp³-hybridized carbons (Fsp3) is 0.625. The van der Waals surface area contributed by atoms with Crippen molar-refractivity contribution in [3.05, 3.63) is 25.3 Å². The van der Waals surface area contributed by atoms with Crippen molar-refractivity contribution in [2.45, 2.75) is 0 Å². The van der Waals surface area contributed by atoms with Gasteiger partial charge in [-0.25, -0.2) is 9.59 Å². The van der Waals surface area contributed by atoms with E-state index < -0.39 is 0 Å². The lowest BCUT2D eigenvalue weighted by Gasteiger charge is -2.21. The number of hydrogen-bond acceptors (Lipinski definition) is 4. The van der Waals surface area contributed by atoms with Crippen LogP contribution >= 0.6 is 0 Å². The van der Waals surface area contributed by atoms with Crippen LogP contribution in [0.4, 0.5) is 0 Å². The number of carbonyl (C=O) groups is 2. The molecule has 0 aliphatic rings. The maximum absolute atomic E-state index is 10.9. The van der Waals surface area contributed by atoms with Gasteiger partial charge in [-0.2, -0.15) is 0 Å². The normalized spacial score (nSPS) is 10.3. The Balaban J connectivity index is -0.000000333. The quantitative estimate of drug-likeness (QED) is 0.373. The second-order valence-corrected chi connectivity index (χ2v) is 6.84. The molecule has 0 rings (SSSR count).